The summed E-state index contributed by atoms with van der Waals surface area (Å²) in [6, 6.07) is -5.23. The van der Waals surface area contributed by atoms with E-state index < -0.39 is 72.6 Å². The average molecular weight is 446 g/mol. The molecule has 13 heteroatoms. The fourth-order valence-electron chi connectivity index (χ4n) is 2.45. The Hall–Kier alpha value is -3.22. The summed E-state index contributed by atoms with van der Waals surface area (Å²) < 4.78 is 0. The van der Waals surface area contributed by atoms with Gasteiger partial charge >= 0.3 is 17.9 Å². The first-order valence-corrected chi connectivity index (χ1v) is 9.57. The average Bonchev–Trinajstić information content (AvgIpc) is 2.62. The van der Waals surface area contributed by atoms with Gasteiger partial charge < -0.3 is 37.0 Å². The number of rotatable bonds is 14. The minimum atomic E-state index is -1.47. The molecule has 0 aromatic heterocycles. The van der Waals surface area contributed by atoms with Crippen LogP contribution in [0.15, 0.2) is 0 Å². The van der Waals surface area contributed by atoms with Gasteiger partial charge in [0.2, 0.25) is 17.7 Å². The first-order chi connectivity index (χ1) is 14.2. The SMILES string of the molecule is CC(C)CC(NC(=O)C(CCC(=O)O)NC(=O)C(N)CC(=O)O)C(=O)NC(C)C(=O)O. The first-order valence-electron chi connectivity index (χ1n) is 9.57. The zero-order valence-corrected chi connectivity index (χ0v) is 17.6. The topological polar surface area (TPSA) is 225 Å². The molecule has 0 spiro atoms. The molecule has 4 atom stereocenters. The van der Waals surface area contributed by atoms with E-state index in [1.54, 1.807) is 13.8 Å². The number of nitrogens with one attached hydrogen (secondary N) is 3. The van der Waals surface area contributed by atoms with Crippen LogP contribution in [0.2, 0.25) is 0 Å². The number of carboxylic acids is 3. The van der Waals surface area contributed by atoms with Crippen LogP contribution in [0.4, 0.5) is 0 Å². The predicted octanol–water partition coefficient (Wildman–Crippen LogP) is -1.74. The van der Waals surface area contributed by atoms with Crippen molar-refractivity contribution in [3.05, 3.63) is 0 Å². The van der Waals surface area contributed by atoms with Gasteiger partial charge in [0.05, 0.1) is 12.5 Å². The third-order valence-corrected chi connectivity index (χ3v) is 4.08. The predicted molar refractivity (Wildman–Crippen MR) is 106 cm³/mol. The van der Waals surface area contributed by atoms with Gasteiger partial charge in [0, 0.05) is 6.42 Å². The van der Waals surface area contributed by atoms with Crippen molar-refractivity contribution < 1.29 is 44.1 Å². The third kappa shape index (κ3) is 11.5. The molecule has 4 unspecified atom stereocenters. The molecule has 0 aliphatic rings. The number of nitrogens with two attached hydrogens (primary N) is 1. The van der Waals surface area contributed by atoms with Gasteiger partial charge in [-0.15, -0.1) is 0 Å². The van der Waals surface area contributed by atoms with Crippen molar-refractivity contribution in [2.24, 2.45) is 11.7 Å². The maximum atomic E-state index is 12.7. The van der Waals surface area contributed by atoms with Gasteiger partial charge in [-0.2, -0.15) is 0 Å². The van der Waals surface area contributed by atoms with E-state index in [1.807, 2.05) is 0 Å². The molecule has 0 saturated carbocycles. The van der Waals surface area contributed by atoms with Crippen molar-refractivity contribution in [2.45, 2.75) is 70.6 Å². The monoisotopic (exact) mass is 446 g/mol. The summed E-state index contributed by atoms with van der Waals surface area (Å²) in [6.07, 6.45) is -1.40. The van der Waals surface area contributed by atoms with Gasteiger partial charge in [-0.05, 0) is 25.7 Å². The molecule has 0 rings (SSSR count). The number of hydrogen-bond acceptors (Lipinski definition) is 7. The smallest absolute Gasteiger partial charge is 0.325 e. The van der Waals surface area contributed by atoms with Gasteiger partial charge in [-0.3, -0.25) is 28.8 Å². The van der Waals surface area contributed by atoms with E-state index in [2.05, 4.69) is 16.0 Å². The van der Waals surface area contributed by atoms with E-state index in [9.17, 15) is 28.8 Å². The highest BCUT2D eigenvalue weighted by Crippen LogP contribution is 2.08. The minimum absolute atomic E-state index is 0.0766. The Morgan fingerprint density at radius 2 is 1.29 bits per heavy atom. The second-order valence-electron chi connectivity index (χ2n) is 7.46. The van der Waals surface area contributed by atoms with E-state index in [4.69, 9.17) is 21.1 Å². The molecule has 0 aromatic rings. The Labute approximate surface area is 178 Å². The van der Waals surface area contributed by atoms with E-state index in [-0.39, 0.29) is 18.8 Å². The van der Waals surface area contributed by atoms with Crippen LogP contribution in [-0.4, -0.2) is 75.1 Å². The second kappa shape index (κ2) is 13.2. The number of amides is 3. The van der Waals surface area contributed by atoms with Crippen LogP contribution in [0.3, 0.4) is 0 Å². The fourth-order valence-corrected chi connectivity index (χ4v) is 2.45. The van der Waals surface area contributed by atoms with Gasteiger partial charge in [0.1, 0.15) is 18.1 Å². The van der Waals surface area contributed by atoms with Crippen molar-refractivity contribution in [1.82, 2.24) is 16.0 Å². The lowest BCUT2D eigenvalue weighted by molar-refractivity contribution is -0.142. The molecule has 0 aliphatic carbocycles. The van der Waals surface area contributed by atoms with Crippen LogP contribution < -0.4 is 21.7 Å². The zero-order valence-electron chi connectivity index (χ0n) is 17.6. The van der Waals surface area contributed by atoms with E-state index in [0.29, 0.717) is 0 Å². The zero-order chi connectivity index (χ0) is 24.3. The van der Waals surface area contributed by atoms with Gasteiger partial charge in [-0.25, -0.2) is 0 Å². The van der Waals surface area contributed by atoms with Gasteiger partial charge in [0.15, 0.2) is 0 Å². The Kier molecular flexibility index (Phi) is 11.8. The summed E-state index contributed by atoms with van der Waals surface area (Å²) in [7, 11) is 0. The molecular formula is C18H30N4O9. The summed E-state index contributed by atoms with van der Waals surface area (Å²) in [4.78, 5) is 69.7. The van der Waals surface area contributed by atoms with E-state index >= 15 is 0 Å². The van der Waals surface area contributed by atoms with Crippen LogP contribution in [0, 0.1) is 5.92 Å². The molecule has 0 radical (unpaired) electrons. The van der Waals surface area contributed by atoms with Crippen LogP contribution in [0.1, 0.15) is 46.5 Å². The number of aliphatic carboxylic acids is 3. The van der Waals surface area contributed by atoms with Crippen molar-refractivity contribution in [3.8, 4) is 0 Å². The summed E-state index contributed by atoms with van der Waals surface area (Å²) in [5, 5.41) is 33.4. The summed E-state index contributed by atoms with van der Waals surface area (Å²) in [6.45, 7) is 4.78. The van der Waals surface area contributed by atoms with Crippen LogP contribution >= 0.6 is 0 Å². The normalized spacial score (nSPS) is 14.6. The summed E-state index contributed by atoms with van der Waals surface area (Å²) >= 11 is 0. The second-order valence-corrected chi connectivity index (χ2v) is 7.46. The molecule has 0 fully saturated rings. The lowest BCUT2D eigenvalue weighted by atomic mass is 10.0. The highest BCUT2D eigenvalue weighted by atomic mass is 16.4. The van der Waals surface area contributed by atoms with Gasteiger partial charge in [-0.1, -0.05) is 13.8 Å². The maximum absolute atomic E-state index is 12.7. The number of hydrogen-bond donors (Lipinski definition) is 7. The molecule has 0 aliphatic heterocycles. The Bertz CT molecular complexity index is 696. The molecule has 3 amide bonds. The Morgan fingerprint density at radius 1 is 0.774 bits per heavy atom. The Morgan fingerprint density at radius 3 is 1.74 bits per heavy atom. The highest BCUT2D eigenvalue weighted by Gasteiger charge is 2.30. The molecule has 0 bridgehead atoms. The quantitative estimate of drug-likeness (QED) is 0.159. The fraction of sp³-hybridized carbons (Fsp3) is 0.667. The molecule has 0 aromatic carbocycles. The van der Waals surface area contributed by atoms with E-state index in [1.165, 1.54) is 6.92 Å². The first kappa shape index (κ1) is 27.8. The van der Waals surface area contributed by atoms with Crippen molar-refractivity contribution in [1.29, 1.82) is 0 Å². The van der Waals surface area contributed by atoms with E-state index in [0.717, 1.165) is 0 Å². The summed E-state index contributed by atoms with van der Waals surface area (Å²) in [5.74, 6) is -6.56. The molecular weight excluding hydrogens is 416 g/mol. The molecule has 8 N–H and O–H groups in total. The third-order valence-electron chi connectivity index (χ3n) is 4.08. The van der Waals surface area contributed by atoms with Crippen molar-refractivity contribution in [3.63, 3.8) is 0 Å². The largest absolute Gasteiger partial charge is 0.481 e. The van der Waals surface area contributed by atoms with Crippen molar-refractivity contribution in [2.75, 3.05) is 0 Å². The van der Waals surface area contributed by atoms with Crippen LogP contribution in [-0.2, 0) is 28.8 Å². The van der Waals surface area contributed by atoms with Crippen molar-refractivity contribution >= 4 is 35.6 Å². The number of carbonyl (C=O) groups is 6. The lowest BCUT2D eigenvalue weighted by Gasteiger charge is -2.25. The Balaban J connectivity index is 5.42. The number of carbonyl (C=O) groups excluding carboxylic acids is 3. The molecule has 176 valence electrons. The van der Waals surface area contributed by atoms with Crippen LogP contribution in [0.5, 0.6) is 0 Å². The van der Waals surface area contributed by atoms with Crippen LogP contribution in [0.25, 0.3) is 0 Å². The number of carboxylic acid groups (broad SMARTS) is 3. The van der Waals surface area contributed by atoms with Gasteiger partial charge in [0.25, 0.3) is 0 Å². The molecule has 13 nitrogen and oxygen atoms in total. The highest BCUT2D eigenvalue weighted by molar-refractivity contribution is 5.94. The minimum Gasteiger partial charge on any atom is -0.481 e. The maximum Gasteiger partial charge on any atom is 0.325 e. The molecule has 0 heterocycles. The molecule has 0 saturated heterocycles. The standard InChI is InChI=1S/C18H30N4O9/c1-8(2)6-12(17(29)20-9(3)18(30)31)22-16(28)11(4-5-13(23)24)21-15(27)10(19)7-14(25)26/h8-12H,4-7,19H2,1-3H3,(H,20,29)(H,21,27)(H,22,28)(H,23,24)(H,25,26)(H,30,31). The summed E-state index contributed by atoms with van der Waals surface area (Å²) in [5.41, 5.74) is 5.46. The lowest BCUT2D eigenvalue weighted by Crippen LogP contribution is -2.57. The molecule has 31 heavy (non-hydrogen) atoms.